The minimum Gasteiger partial charge on any atom is -0.493 e. The van der Waals surface area contributed by atoms with Crippen LogP contribution in [0.2, 0.25) is 5.02 Å². The second kappa shape index (κ2) is 11.3. The summed E-state index contributed by atoms with van der Waals surface area (Å²) in [5, 5.41) is 3.28. The topological polar surface area (TPSA) is 83.1 Å². The molecule has 0 aliphatic carbocycles. The van der Waals surface area contributed by atoms with Crippen molar-refractivity contribution in [1.82, 2.24) is 5.32 Å². The van der Waals surface area contributed by atoms with Crippen molar-refractivity contribution >= 4 is 23.5 Å². The van der Waals surface area contributed by atoms with Gasteiger partial charge in [-0.25, -0.2) is 0 Å². The molecule has 0 fully saturated rings. The van der Waals surface area contributed by atoms with E-state index in [9.17, 15) is 9.59 Å². The molecule has 1 atom stereocenters. The van der Waals surface area contributed by atoms with E-state index in [0.717, 1.165) is 11.1 Å². The van der Waals surface area contributed by atoms with Gasteiger partial charge in [-0.3, -0.25) is 9.59 Å². The summed E-state index contributed by atoms with van der Waals surface area (Å²) in [7, 11) is 4.58. The number of halogens is 1. The SMILES string of the molecule is COc1cc(CCC(=O)OC(C)C(=O)NCc2ccccc2Cl)cc(OC)c1OC. The van der Waals surface area contributed by atoms with E-state index in [1.165, 1.54) is 28.3 Å². The summed E-state index contributed by atoms with van der Waals surface area (Å²) in [6, 6.07) is 10.8. The third-order valence-electron chi connectivity index (χ3n) is 4.43. The van der Waals surface area contributed by atoms with Gasteiger partial charge in [-0.15, -0.1) is 0 Å². The molecule has 0 saturated heterocycles. The number of nitrogens with one attached hydrogen (secondary N) is 1. The maximum absolute atomic E-state index is 12.2. The van der Waals surface area contributed by atoms with Gasteiger partial charge >= 0.3 is 5.97 Å². The second-order valence-electron chi connectivity index (χ2n) is 6.47. The molecule has 30 heavy (non-hydrogen) atoms. The van der Waals surface area contributed by atoms with Crippen molar-refractivity contribution in [2.24, 2.45) is 0 Å². The van der Waals surface area contributed by atoms with Crippen molar-refractivity contribution < 1.29 is 28.5 Å². The highest BCUT2D eigenvalue weighted by Gasteiger charge is 2.19. The smallest absolute Gasteiger partial charge is 0.306 e. The minimum atomic E-state index is -0.917. The Bertz CT molecular complexity index is 861. The van der Waals surface area contributed by atoms with Gasteiger partial charge in [0.1, 0.15) is 0 Å². The fourth-order valence-electron chi connectivity index (χ4n) is 2.80. The molecule has 8 heteroatoms. The zero-order chi connectivity index (χ0) is 22.1. The second-order valence-corrected chi connectivity index (χ2v) is 6.88. The number of hydrogen-bond donors (Lipinski definition) is 1. The highest BCUT2D eigenvalue weighted by atomic mass is 35.5. The molecule has 0 heterocycles. The van der Waals surface area contributed by atoms with Gasteiger partial charge in [0.25, 0.3) is 5.91 Å². The number of benzene rings is 2. The van der Waals surface area contributed by atoms with E-state index >= 15 is 0 Å². The van der Waals surface area contributed by atoms with Crippen molar-refractivity contribution in [3.63, 3.8) is 0 Å². The summed E-state index contributed by atoms with van der Waals surface area (Å²) in [5.74, 6) is 0.621. The van der Waals surface area contributed by atoms with E-state index in [1.807, 2.05) is 18.2 Å². The number of ether oxygens (including phenoxy) is 4. The van der Waals surface area contributed by atoms with Crippen LogP contribution in [0.1, 0.15) is 24.5 Å². The Kier molecular flexibility index (Phi) is 8.80. The molecule has 7 nitrogen and oxygen atoms in total. The van der Waals surface area contributed by atoms with E-state index in [2.05, 4.69) is 5.32 Å². The number of hydrogen-bond acceptors (Lipinski definition) is 6. The molecule has 0 aliphatic rings. The molecule has 1 amide bonds. The molecule has 0 aliphatic heterocycles. The van der Waals surface area contributed by atoms with Crippen molar-refractivity contribution in [1.29, 1.82) is 0 Å². The van der Waals surface area contributed by atoms with Gasteiger partial charge < -0.3 is 24.3 Å². The third kappa shape index (κ3) is 6.29. The van der Waals surface area contributed by atoms with Crippen LogP contribution in [-0.2, 0) is 27.3 Å². The molecule has 2 aromatic rings. The third-order valence-corrected chi connectivity index (χ3v) is 4.80. The first-order valence-corrected chi connectivity index (χ1v) is 9.76. The van der Waals surface area contributed by atoms with Gasteiger partial charge in [0, 0.05) is 18.0 Å². The molecule has 0 bridgehead atoms. The largest absolute Gasteiger partial charge is 0.493 e. The molecule has 1 N–H and O–H groups in total. The summed E-state index contributed by atoms with van der Waals surface area (Å²) < 4.78 is 21.1. The van der Waals surface area contributed by atoms with Gasteiger partial charge in [-0.2, -0.15) is 0 Å². The van der Waals surface area contributed by atoms with E-state index in [-0.39, 0.29) is 13.0 Å². The van der Waals surface area contributed by atoms with Crippen LogP contribution in [0.15, 0.2) is 36.4 Å². The average Bonchev–Trinajstić information content (AvgIpc) is 2.75. The Morgan fingerprint density at radius 1 is 1.03 bits per heavy atom. The maximum Gasteiger partial charge on any atom is 0.306 e. The van der Waals surface area contributed by atoms with Gasteiger partial charge in [-0.05, 0) is 42.7 Å². The maximum atomic E-state index is 12.2. The van der Waals surface area contributed by atoms with Gasteiger partial charge in [0.2, 0.25) is 5.75 Å². The lowest BCUT2D eigenvalue weighted by Crippen LogP contribution is -2.35. The molecule has 0 aromatic heterocycles. The normalized spacial score (nSPS) is 11.4. The van der Waals surface area contributed by atoms with E-state index < -0.39 is 18.0 Å². The highest BCUT2D eigenvalue weighted by Crippen LogP contribution is 2.38. The standard InChI is InChI=1S/C22H26ClNO6/c1-14(22(26)24-13-16-7-5-6-8-17(16)23)30-20(25)10-9-15-11-18(27-2)21(29-4)19(12-15)28-3/h5-8,11-12,14H,9-10,13H2,1-4H3,(H,24,26). The lowest BCUT2D eigenvalue weighted by atomic mass is 10.1. The number of amides is 1. The lowest BCUT2D eigenvalue weighted by Gasteiger charge is -2.15. The highest BCUT2D eigenvalue weighted by molar-refractivity contribution is 6.31. The van der Waals surface area contributed by atoms with Crippen LogP contribution in [0.3, 0.4) is 0 Å². The Labute approximate surface area is 181 Å². The summed E-state index contributed by atoms with van der Waals surface area (Å²) in [4.78, 5) is 24.4. The first-order chi connectivity index (χ1) is 14.4. The molecule has 1 unspecified atom stereocenters. The number of methoxy groups -OCH3 is 3. The summed E-state index contributed by atoms with van der Waals surface area (Å²) in [5.41, 5.74) is 1.60. The van der Waals surface area contributed by atoms with E-state index in [0.29, 0.717) is 28.7 Å². The molecular weight excluding hydrogens is 410 g/mol. The van der Waals surface area contributed by atoms with E-state index in [1.54, 1.807) is 18.2 Å². The van der Waals surface area contributed by atoms with Crippen molar-refractivity contribution in [2.75, 3.05) is 21.3 Å². The molecule has 0 saturated carbocycles. The average molecular weight is 436 g/mol. The fraction of sp³-hybridized carbons (Fsp3) is 0.364. The zero-order valence-corrected chi connectivity index (χ0v) is 18.2. The van der Waals surface area contributed by atoms with Crippen LogP contribution in [0.4, 0.5) is 0 Å². The quantitative estimate of drug-likeness (QED) is 0.575. The summed E-state index contributed by atoms with van der Waals surface area (Å²) >= 11 is 6.07. The predicted octanol–water partition coefficient (Wildman–Crippen LogP) is 3.55. The van der Waals surface area contributed by atoms with Crippen molar-refractivity contribution in [3.8, 4) is 17.2 Å². The van der Waals surface area contributed by atoms with Gasteiger partial charge in [0.15, 0.2) is 17.6 Å². The number of aryl methyl sites for hydroxylation is 1. The number of esters is 1. The molecule has 2 rings (SSSR count). The van der Waals surface area contributed by atoms with Crippen LogP contribution in [0.25, 0.3) is 0 Å². The van der Waals surface area contributed by atoms with Crippen LogP contribution in [0, 0.1) is 0 Å². The lowest BCUT2D eigenvalue weighted by molar-refractivity contribution is -0.154. The molecule has 2 aromatic carbocycles. The van der Waals surface area contributed by atoms with Crippen LogP contribution >= 0.6 is 11.6 Å². The monoisotopic (exact) mass is 435 g/mol. The first kappa shape index (κ1) is 23.3. The van der Waals surface area contributed by atoms with Gasteiger partial charge in [-0.1, -0.05) is 29.8 Å². The number of carbonyl (C=O) groups excluding carboxylic acids is 2. The first-order valence-electron chi connectivity index (χ1n) is 9.39. The molecule has 0 spiro atoms. The van der Waals surface area contributed by atoms with Crippen LogP contribution < -0.4 is 19.5 Å². The van der Waals surface area contributed by atoms with E-state index in [4.69, 9.17) is 30.5 Å². The predicted molar refractivity (Wildman–Crippen MR) is 113 cm³/mol. The van der Waals surface area contributed by atoms with Gasteiger partial charge in [0.05, 0.1) is 21.3 Å². The Morgan fingerprint density at radius 2 is 1.67 bits per heavy atom. The van der Waals surface area contributed by atoms with Crippen LogP contribution in [0.5, 0.6) is 17.2 Å². The fourth-order valence-corrected chi connectivity index (χ4v) is 3.01. The number of carbonyl (C=O) groups is 2. The molecule has 0 radical (unpaired) electrons. The molecule has 162 valence electrons. The van der Waals surface area contributed by atoms with Crippen molar-refractivity contribution in [2.45, 2.75) is 32.4 Å². The summed E-state index contributed by atoms with van der Waals surface area (Å²) in [6.45, 7) is 1.78. The Hall–Kier alpha value is -2.93. The minimum absolute atomic E-state index is 0.0980. The Morgan fingerprint density at radius 3 is 2.23 bits per heavy atom. The number of rotatable bonds is 10. The summed E-state index contributed by atoms with van der Waals surface area (Å²) in [6.07, 6.45) is -0.426. The van der Waals surface area contributed by atoms with Crippen molar-refractivity contribution in [3.05, 3.63) is 52.5 Å². The Balaban J connectivity index is 1.88. The van der Waals surface area contributed by atoms with Crippen LogP contribution in [-0.4, -0.2) is 39.3 Å². The zero-order valence-electron chi connectivity index (χ0n) is 17.5. The molecular formula is C22H26ClNO6.